The fourth-order valence-electron chi connectivity index (χ4n) is 1.47. The SMILES string of the molecule is CCOP(=O)(OCC)C(C)(N)C(C)(C)C=C=C(C)C. The van der Waals surface area contributed by atoms with E-state index in [0.717, 1.165) is 5.57 Å². The molecule has 112 valence electrons. The summed E-state index contributed by atoms with van der Waals surface area (Å²) in [6, 6.07) is 0. The minimum absolute atomic E-state index is 0.298. The van der Waals surface area contributed by atoms with Crippen LogP contribution in [0.3, 0.4) is 0 Å². The summed E-state index contributed by atoms with van der Waals surface area (Å²) in [4.78, 5) is 0. The molecule has 0 aromatic rings. The first-order chi connectivity index (χ1) is 8.54. The largest absolute Gasteiger partial charge is 0.350 e. The van der Waals surface area contributed by atoms with Crippen molar-refractivity contribution in [3.63, 3.8) is 0 Å². The van der Waals surface area contributed by atoms with Gasteiger partial charge in [-0.05, 0) is 46.3 Å². The Bertz CT molecular complexity index is 393. The van der Waals surface area contributed by atoms with E-state index in [2.05, 4.69) is 5.73 Å². The van der Waals surface area contributed by atoms with Gasteiger partial charge in [-0.25, -0.2) is 0 Å². The van der Waals surface area contributed by atoms with Crippen LogP contribution < -0.4 is 5.73 Å². The predicted molar refractivity (Wildman–Crippen MR) is 80.2 cm³/mol. The zero-order valence-electron chi connectivity index (χ0n) is 13.2. The van der Waals surface area contributed by atoms with E-state index in [1.54, 1.807) is 20.8 Å². The first-order valence-corrected chi connectivity index (χ1v) is 8.17. The topological polar surface area (TPSA) is 61.5 Å². The lowest BCUT2D eigenvalue weighted by atomic mass is 9.85. The average Bonchev–Trinajstić information content (AvgIpc) is 2.26. The number of rotatable bonds is 7. The van der Waals surface area contributed by atoms with Crippen molar-refractivity contribution in [2.75, 3.05) is 13.2 Å². The highest BCUT2D eigenvalue weighted by molar-refractivity contribution is 7.55. The van der Waals surface area contributed by atoms with Gasteiger partial charge in [-0.3, -0.25) is 4.57 Å². The van der Waals surface area contributed by atoms with Crippen molar-refractivity contribution in [3.05, 3.63) is 17.4 Å². The van der Waals surface area contributed by atoms with Crippen molar-refractivity contribution in [2.45, 2.75) is 53.7 Å². The molecule has 2 N–H and O–H groups in total. The molecule has 0 fully saturated rings. The zero-order chi connectivity index (χ0) is 15.3. The van der Waals surface area contributed by atoms with Gasteiger partial charge in [0.1, 0.15) is 5.28 Å². The van der Waals surface area contributed by atoms with Crippen LogP contribution in [-0.4, -0.2) is 18.5 Å². The Morgan fingerprint density at radius 1 is 1.21 bits per heavy atom. The van der Waals surface area contributed by atoms with Crippen LogP contribution in [0.25, 0.3) is 0 Å². The molecule has 0 aromatic heterocycles. The summed E-state index contributed by atoms with van der Waals surface area (Å²) in [5.74, 6) is 0. The molecule has 0 radical (unpaired) electrons. The summed E-state index contributed by atoms with van der Waals surface area (Å²) in [6.45, 7) is 13.6. The van der Waals surface area contributed by atoms with Gasteiger partial charge in [0.05, 0.1) is 13.2 Å². The lowest BCUT2D eigenvalue weighted by molar-refractivity contribution is 0.171. The maximum Gasteiger partial charge on any atom is 0.350 e. The quantitative estimate of drug-likeness (QED) is 0.566. The molecule has 0 rings (SSSR count). The average molecular weight is 289 g/mol. The van der Waals surface area contributed by atoms with E-state index in [1.165, 1.54) is 0 Å². The minimum Gasteiger partial charge on any atom is -0.315 e. The van der Waals surface area contributed by atoms with Crippen molar-refractivity contribution >= 4 is 7.60 Å². The van der Waals surface area contributed by atoms with Gasteiger partial charge in [0.15, 0.2) is 0 Å². The molecule has 1 atom stereocenters. The number of hydrogen-bond acceptors (Lipinski definition) is 4. The van der Waals surface area contributed by atoms with E-state index in [0.29, 0.717) is 13.2 Å². The molecule has 0 aliphatic rings. The van der Waals surface area contributed by atoms with E-state index in [1.807, 2.05) is 33.8 Å². The van der Waals surface area contributed by atoms with E-state index in [9.17, 15) is 4.57 Å². The van der Waals surface area contributed by atoms with Crippen molar-refractivity contribution in [3.8, 4) is 0 Å². The molecule has 0 aliphatic carbocycles. The molecule has 0 saturated carbocycles. The Labute approximate surface area is 117 Å². The third kappa shape index (κ3) is 4.30. The minimum atomic E-state index is -3.41. The van der Waals surface area contributed by atoms with Crippen molar-refractivity contribution in [1.29, 1.82) is 0 Å². The molecule has 5 heteroatoms. The van der Waals surface area contributed by atoms with Gasteiger partial charge in [-0.2, -0.15) is 0 Å². The van der Waals surface area contributed by atoms with Crippen LogP contribution in [0.5, 0.6) is 0 Å². The standard InChI is InChI=1S/C14H28NO3P/c1-8-17-19(16,18-9-2)14(7,15)13(5,6)11-10-12(3)4/h11H,8-9,15H2,1-7H3. The molecular weight excluding hydrogens is 261 g/mol. The Kier molecular flexibility index (Phi) is 6.74. The first kappa shape index (κ1) is 18.6. The molecule has 0 amide bonds. The highest BCUT2D eigenvalue weighted by Gasteiger charge is 2.53. The van der Waals surface area contributed by atoms with E-state index < -0.39 is 18.3 Å². The van der Waals surface area contributed by atoms with Gasteiger partial charge in [0, 0.05) is 5.41 Å². The van der Waals surface area contributed by atoms with Gasteiger partial charge in [-0.15, -0.1) is 5.73 Å². The Morgan fingerprint density at radius 2 is 1.63 bits per heavy atom. The highest BCUT2D eigenvalue weighted by atomic mass is 31.2. The molecule has 0 saturated heterocycles. The molecule has 0 bridgehead atoms. The van der Waals surface area contributed by atoms with Crippen LogP contribution in [0.4, 0.5) is 0 Å². The molecule has 0 heterocycles. The van der Waals surface area contributed by atoms with Gasteiger partial charge in [0.2, 0.25) is 0 Å². The fourth-order valence-corrected chi connectivity index (χ4v) is 3.53. The third-order valence-electron chi connectivity index (χ3n) is 3.19. The van der Waals surface area contributed by atoms with Gasteiger partial charge in [-0.1, -0.05) is 13.8 Å². The summed E-state index contributed by atoms with van der Waals surface area (Å²) in [5.41, 5.74) is 9.92. The van der Waals surface area contributed by atoms with Crippen molar-refractivity contribution in [1.82, 2.24) is 0 Å². The summed E-state index contributed by atoms with van der Waals surface area (Å²) in [7, 11) is -3.41. The predicted octanol–water partition coefficient (Wildman–Crippen LogP) is 4.07. The summed E-state index contributed by atoms with van der Waals surface area (Å²) in [5, 5.41) is -1.13. The normalized spacial score (nSPS) is 15.6. The van der Waals surface area contributed by atoms with Crippen molar-refractivity contribution < 1.29 is 13.6 Å². The van der Waals surface area contributed by atoms with E-state index in [-0.39, 0.29) is 0 Å². The second kappa shape index (κ2) is 6.88. The van der Waals surface area contributed by atoms with Crippen LogP contribution in [0.15, 0.2) is 17.4 Å². The second-order valence-corrected chi connectivity index (χ2v) is 7.93. The van der Waals surface area contributed by atoms with Crippen LogP contribution in [0.2, 0.25) is 0 Å². The summed E-state index contributed by atoms with van der Waals surface area (Å²) >= 11 is 0. The van der Waals surface area contributed by atoms with E-state index in [4.69, 9.17) is 14.8 Å². The Balaban J connectivity index is 5.65. The maximum absolute atomic E-state index is 12.9. The molecule has 0 aromatic carbocycles. The smallest absolute Gasteiger partial charge is 0.315 e. The molecule has 0 aliphatic heterocycles. The lowest BCUT2D eigenvalue weighted by Gasteiger charge is -2.42. The number of nitrogens with two attached hydrogens (primary N) is 1. The summed E-state index contributed by atoms with van der Waals surface area (Å²) in [6.07, 6.45) is 1.84. The monoisotopic (exact) mass is 289 g/mol. The zero-order valence-corrected chi connectivity index (χ0v) is 14.1. The second-order valence-electron chi connectivity index (χ2n) is 5.49. The lowest BCUT2D eigenvalue weighted by Crippen LogP contribution is -2.49. The highest BCUT2D eigenvalue weighted by Crippen LogP contribution is 2.63. The van der Waals surface area contributed by atoms with Gasteiger partial charge in [0.25, 0.3) is 0 Å². The van der Waals surface area contributed by atoms with Crippen LogP contribution in [0, 0.1) is 5.41 Å². The molecule has 0 spiro atoms. The molecule has 1 unspecified atom stereocenters. The summed E-state index contributed by atoms with van der Waals surface area (Å²) < 4.78 is 23.7. The van der Waals surface area contributed by atoms with Crippen LogP contribution >= 0.6 is 7.60 Å². The van der Waals surface area contributed by atoms with Crippen LogP contribution in [-0.2, 0) is 13.6 Å². The van der Waals surface area contributed by atoms with Gasteiger partial charge >= 0.3 is 7.60 Å². The maximum atomic E-state index is 12.9. The Hall–Kier alpha value is -0.370. The van der Waals surface area contributed by atoms with Gasteiger partial charge < -0.3 is 14.8 Å². The Morgan fingerprint density at radius 3 is 1.95 bits per heavy atom. The number of hydrogen-bond donors (Lipinski definition) is 1. The molecule has 19 heavy (non-hydrogen) atoms. The third-order valence-corrected chi connectivity index (χ3v) is 6.10. The van der Waals surface area contributed by atoms with E-state index >= 15 is 0 Å². The first-order valence-electron chi connectivity index (χ1n) is 6.63. The van der Waals surface area contributed by atoms with Crippen LogP contribution in [0.1, 0.15) is 48.5 Å². The molecular formula is C14H28NO3P. The fraction of sp³-hybridized carbons (Fsp3) is 0.786. The molecule has 4 nitrogen and oxygen atoms in total. The van der Waals surface area contributed by atoms with Crippen molar-refractivity contribution in [2.24, 2.45) is 11.1 Å².